The van der Waals surface area contributed by atoms with Crippen molar-refractivity contribution in [3.63, 3.8) is 0 Å². The fraction of sp³-hybridized carbons (Fsp3) is 0.303. The number of hydrogen-bond acceptors (Lipinski definition) is 9. The maximum absolute atomic E-state index is 12.7. The summed E-state index contributed by atoms with van der Waals surface area (Å²) in [6.45, 7) is 5.45. The maximum Gasteiger partial charge on any atom is 0.327 e. The number of nitrogens with one attached hydrogen (secondary N) is 1. The average molecular weight is 667 g/mol. The molecule has 0 bridgehead atoms. The molecule has 0 aliphatic carbocycles. The van der Waals surface area contributed by atoms with Gasteiger partial charge in [-0.05, 0) is 61.0 Å². The summed E-state index contributed by atoms with van der Waals surface area (Å²) in [5.41, 5.74) is 6.27. The Morgan fingerprint density at radius 3 is 2.67 bits per heavy atom. The second kappa shape index (κ2) is 14.6. The minimum atomic E-state index is -1.33. The van der Waals surface area contributed by atoms with Crippen molar-refractivity contribution in [3.8, 4) is 11.5 Å². The van der Waals surface area contributed by atoms with Crippen LogP contribution in [0.15, 0.2) is 65.3 Å². The quantitative estimate of drug-likeness (QED) is 0.185. The fourth-order valence-corrected chi connectivity index (χ4v) is 7.61. The number of nitrogens with zero attached hydrogens (tertiary/aromatic N) is 3. The first-order valence-corrected chi connectivity index (χ1v) is 16.8. The summed E-state index contributed by atoms with van der Waals surface area (Å²) < 4.78 is 28.3. The van der Waals surface area contributed by atoms with Crippen LogP contribution in [-0.4, -0.2) is 57.9 Å². The van der Waals surface area contributed by atoms with Crippen LogP contribution in [0.5, 0.6) is 11.5 Å². The summed E-state index contributed by atoms with van der Waals surface area (Å²) in [4.78, 5) is 27.7. The lowest BCUT2D eigenvalue weighted by Gasteiger charge is -2.33. The van der Waals surface area contributed by atoms with Gasteiger partial charge in [-0.15, -0.1) is 11.3 Å². The van der Waals surface area contributed by atoms with Gasteiger partial charge in [0.05, 0.1) is 54.6 Å². The highest BCUT2D eigenvalue weighted by Crippen LogP contribution is 2.34. The van der Waals surface area contributed by atoms with E-state index >= 15 is 0 Å². The van der Waals surface area contributed by atoms with Gasteiger partial charge in [-0.1, -0.05) is 29.8 Å². The van der Waals surface area contributed by atoms with Crippen LogP contribution in [0.25, 0.3) is 11.0 Å². The Morgan fingerprint density at radius 2 is 1.93 bits per heavy atom. The van der Waals surface area contributed by atoms with Crippen molar-refractivity contribution in [3.05, 3.63) is 98.0 Å². The van der Waals surface area contributed by atoms with Gasteiger partial charge in [-0.25, -0.2) is 9.78 Å². The van der Waals surface area contributed by atoms with Gasteiger partial charge in [0.1, 0.15) is 17.5 Å². The number of esters is 1. The molecule has 45 heavy (non-hydrogen) atoms. The average Bonchev–Trinajstić information content (AvgIpc) is 3.70. The number of H-pyrrole nitrogens is 1. The van der Waals surface area contributed by atoms with Gasteiger partial charge in [0, 0.05) is 46.4 Å². The van der Waals surface area contributed by atoms with Crippen LogP contribution < -0.4 is 9.47 Å². The first-order chi connectivity index (χ1) is 21.7. The third-order valence-electron chi connectivity index (χ3n) is 7.73. The monoisotopic (exact) mass is 666 g/mol. The normalized spacial score (nSPS) is 14.2. The molecule has 1 aliphatic rings. The molecule has 4 heterocycles. The molecule has 0 amide bonds. The summed E-state index contributed by atoms with van der Waals surface area (Å²) >= 11 is 8.07. The van der Waals surface area contributed by atoms with Crippen LogP contribution in [-0.2, 0) is 39.0 Å². The summed E-state index contributed by atoms with van der Waals surface area (Å²) in [6, 6.07) is 14.7. The van der Waals surface area contributed by atoms with Crippen molar-refractivity contribution in [2.45, 2.75) is 43.8 Å². The van der Waals surface area contributed by atoms with E-state index in [4.69, 9.17) is 25.8 Å². The number of aromatic nitrogens is 3. The second-order valence-corrected chi connectivity index (χ2v) is 13.3. The van der Waals surface area contributed by atoms with Gasteiger partial charge >= 0.3 is 5.97 Å². The highest BCUT2D eigenvalue weighted by molar-refractivity contribution is 7.84. The highest BCUT2D eigenvalue weighted by atomic mass is 35.5. The minimum absolute atomic E-state index is 0.262. The van der Waals surface area contributed by atoms with Crippen molar-refractivity contribution in [1.82, 2.24) is 19.9 Å². The van der Waals surface area contributed by atoms with E-state index in [0.29, 0.717) is 10.2 Å². The Labute approximate surface area is 274 Å². The van der Waals surface area contributed by atoms with Crippen LogP contribution >= 0.6 is 22.9 Å². The number of pyridine rings is 1. The van der Waals surface area contributed by atoms with E-state index in [0.717, 1.165) is 64.4 Å². The standard InChI is InChI=1S/C17H19N3O3S.C16H16ClNO2S/c1-10-8-18-15(11(2)16(10)23-4)9-24(21)17-19-13-6-5-12(22-3)7-14(13)20-17;1-20-16(19)15(12-4-2-3-5-13(12)17)18-8-6-14-11(10-18)7-9-21-14/h5-8H,9H2,1-4H3,(H,19,20);2-5,7,9,15H,6,8,10H2,1H3/t;15-/m.0/s1. The second-order valence-electron chi connectivity index (χ2n) is 10.5. The third-order valence-corrected chi connectivity index (χ3v) is 10.3. The summed E-state index contributed by atoms with van der Waals surface area (Å²) in [7, 11) is 3.33. The number of halogens is 1. The lowest BCUT2D eigenvalue weighted by atomic mass is 10.0. The first-order valence-electron chi connectivity index (χ1n) is 14.3. The molecule has 1 N–H and O–H groups in total. The lowest BCUT2D eigenvalue weighted by molar-refractivity contribution is -0.147. The number of aryl methyl sites for hydroxylation is 1. The third kappa shape index (κ3) is 7.22. The number of methoxy groups -OCH3 is 3. The smallest absolute Gasteiger partial charge is 0.327 e. The molecule has 3 aromatic heterocycles. The Balaban J connectivity index is 0.000000179. The number of carbonyl (C=O) groups excluding carboxylic acids is 1. The van der Waals surface area contributed by atoms with E-state index in [9.17, 15) is 9.00 Å². The molecule has 0 saturated heterocycles. The molecule has 236 valence electrons. The molecule has 0 radical (unpaired) electrons. The number of imidazole rings is 1. The number of benzene rings is 2. The van der Waals surface area contributed by atoms with Gasteiger partial charge in [0.25, 0.3) is 0 Å². The number of thiophene rings is 1. The molecule has 0 saturated carbocycles. The Hall–Kier alpha value is -3.77. The van der Waals surface area contributed by atoms with E-state index in [2.05, 4.69) is 31.3 Å². The van der Waals surface area contributed by atoms with Gasteiger partial charge in [-0.2, -0.15) is 0 Å². The summed E-state index contributed by atoms with van der Waals surface area (Å²) in [5.74, 6) is 1.52. The van der Waals surface area contributed by atoms with Crippen LogP contribution in [0.2, 0.25) is 5.02 Å². The molecule has 0 spiro atoms. The number of hydrogen-bond donors (Lipinski definition) is 1. The fourth-order valence-electron chi connectivity index (χ4n) is 5.38. The molecule has 9 nitrogen and oxygen atoms in total. The summed E-state index contributed by atoms with van der Waals surface area (Å²) in [6.07, 6.45) is 2.70. The van der Waals surface area contributed by atoms with E-state index in [-0.39, 0.29) is 11.7 Å². The Kier molecular flexibility index (Phi) is 10.5. The number of carbonyl (C=O) groups is 1. The minimum Gasteiger partial charge on any atom is -0.497 e. The molecule has 2 aromatic carbocycles. The summed E-state index contributed by atoms with van der Waals surface area (Å²) in [5, 5.41) is 3.14. The van der Waals surface area contributed by atoms with Gasteiger partial charge in [-0.3, -0.25) is 14.1 Å². The van der Waals surface area contributed by atoms with Gasteiger partial charge in [0.2, 0.25) is 0 Å². The molecule has 6 rings (SSSR count). The zero-order valence-corrected chi connectivity index (χ0v) is 28.1. The van der Waals surface area contributed by atoms with Crippen LogP contribution in [0.4, 0.5) is 0 Å². The van der Waals surface area contributed by atoms with Crippen LogP contribution in [0.1, 0.15) is 38.9 Å². The van der Waals surface area contributed by atoms with Gasteiger partial charge < -0.3 is 19.2 Å². The first kappa shape index (κ1) is 32.6. The highest BCUT2D eigenvalue weighted by Gasteiger charge is 2.32. The molecule has 5 aromatic rings. The van der Waals surface area contributed by atoms with Crippen molar-refractivity contribution in [1.29, 1.82) is 0 Å². The van der Waals surface area contributed by atoms with Crippen molar-refractivity contribution in [2.75, 3.05) is 27.9 Å². The van der Waals surface area contributed by atoms with E-state index in [1.165, 1.54) is 17.6 Å². The predicted octanol–water partition coefficient (Wildman–Crippen LogP) is 6.57. The molecule has 0 fully saturated rings. The number of rotatable bonds is 8. The van der Waals surface area contributed by atoms with Crippen LogP contribution in [0, 0.1) is 13.8 Å². The zero-order valence-electron chi connectivity index (χ0n) is 25.8. The van der Waals surface area contributed by atoms with Crippen molar-refractivity contribution < 1.29 is 23.2 Å². The largest absolute Gasteiger partial charge is 0.497 e. The molecule has 1 aliphatic heterocycles. The number of ether oxygens (including phenoxy) is 3. The molecule has 1 unspecified atom stereocenters. The molecule has 2 atom stereocenters. The van der Waals surface area contributed by atoms with Gasteiger partial charge in [0.15, 0.2) is 5.16 Å². The van der Waals surface area contributed by atoms with Crippen molar-refractivity contribution >= 4 is 50.7 Å². The number of aromatic amines is 1. The molecular formula is C33H35ClN4O5S2. The van der Waals surface area contributed by atoms with Crippen LogP contribution in [0.3, 0.4) is 0 Å². The Bertz CT molecular complexity index is 1840. The van der Waals surface area contributed by atoms with Crippen molar-refractivity contribution in [2.24, 2.45) is 0 Å². The molecular weight excluding hydrogens is 632 g/mol. The topological polar surface area (TPSA) is 107 Å². The molecule has 12 heteroatoms. The van der Waals surface area contributed by atoms with E-state index in [1.807, 2.05) is 56.3 Å². The SMILES string of the molecule is COC(=O)[C@H](c1ccccc1Cl)N1CCc2sccc2C1.COc1ccc2nc(S(=O)Cc3ncc(C)c(OC)c3C)[nH]c2c1. The lowest BCUT2D eigenvalue weighted by Crippen LogP contribution is -2.38. The Morgan fingerprint density at radius 1 is 1.13 bits per heavy atom. The van der Waals surface area contributed by atoms with E-state index < -0.39 is 16.8 Å². The maximum atomic E-state index is 12.7. The van der Waals surface area contributed by atoms with E-state index in [1.54, 1.807) is 31.8 Å². The predicted molar refractivity (Wildman–Crippen MR) is 178 cm³/mol. The number of fused-ring (bicyclic) bond motifs is 2. The zero-order chi connectivity index (χ0) is 32.1.